The maximum Gasteiger partial charge on any atom is 0.434 e. The van der Waals surface area contributed by atoms with E-state index in [1.54, 1.807) is 20.8 Å². The summed E-state index contributed by atoms with van der Waals surface area (Å²) in [4.78, 5) is 30.7. The molecule has 10 nitrogen and oxygen atoms in total. The Kier molecular flexibility index (Phi) is 8.35. The molecule has 0 atom stereocenters. The summed E-state index contributed by atoms with van der Waals surface area (Å²) in [6.07, 6.45) is 0. The fourth-order valence-corrected chi connectivity index (χ4v) is 4.33. The SMILES string of the molecule is CCOC(=O)C(C)(C)Oc1c(C)cc(CN(Cc2n[nH]c(=O)o2)Cc2nc(-c3ccccc3)oc2C)cc1C. The Balaban J connectivity index is 1.59. The van der Waals surface area contributed by atoms with E-state index in [0.717, 1.165) is 27.9 Å². The van der Waals surface area contributed by atoms with E-state index in [1.807, 2.05) is 63.2 Å². The maximum atomic E-state index is 12.4. The van der Waals surface area contributed by atoms with E-state index in [2.05, 4.69) is 15.1 Å². The summed E-state index contributed by atoms with van der Waals surface area (Å²) in [5, 5.41) is 6.30. The zero-order valence-corrected chi connectivity index (χ0v) is 23.2. The molecule has 0 saturated carbocycles. The molecule has 4 aromatic rings. The van der Waals surface area contributed by atoms with E-state index in [1.165, 1.54) is 0 Å². The number of oxazole rings is 1. The lowest BCUT2D eigenvalue weighted by Crippen LogP contribution is -2.40. The van der Waals surface area contributed by atoms with Crippen LogP contribution in [0.3, 0.4) is 0 Å². The van der Waals surface area contributed by atoms with Gasteiger partial charge in [-0.15, -0.1) is 5.10 Å². The number of rotatable bonds is 11. The van der Waals surface area contributed by atoms with Gasteiger partial charge >= 0.3 is 11.7 Å². The molecule has 0 bridgehead atoms. The lowest BCUT2D eigenvalue weighted by atomic mass is 10.0. The molecule has 4 rings (SSSR count). The number of carbonyl (C=O) groups is 1. The molecule has 0 aliphatic carbocycles. The molecule has 0 unspecified atom stereocenters. The maximum absolute atomic E-state index is 12.4. The standard InChI is InChI=1S/C29H34N4O6/c1-7-36-27(34)29(5,6)39-25-18(2)13-21(14-19(25)3)15-33(17-24-31-32-28(35)38-24)16-23-20(4)37-26(30-23)22-11-9-8-10-12-22/h8-14H,7,15-17H2,1-6H3,(H,32,35). The smallest absolute Gasteiger partial charge is 0.434 e. The highest BCUT2D eigenvalue weighted by Gasteiger charge is 2.32. The monoisotopic (exact) mass is 534 g/mol. The largest absolute Gasteiger partial charge is 0.476 e. The van der Waals surface area contributed by atoms with Gasteiger partial charge in [0.15, 0.2) is 5.60 Å². The predicted octanol–water partition coefficient (Wildman–Crippen LogP) is 4.87. The first-order valence-electron chi connectivity index (χ1n) is 12.8. The van der Waals surface area contributed by atoms with Crippen molar-refractivity contribution in [2.75, 3.05) is 6.61 Å². The Morgan fingerprint density at radius 1 is 1.03 bits per heavy atom. The zero-order chi connectivity index (χ0) is 28.2. The third kappa shape index (κ3) is 6.83. The first-order valence-corrected chi connectivity index (χ1v) is 12.8. The number of nitrogens with zero attached hydrogens (tertiary/aromatic N) is 3. The Bertz CT molecular complexity index is 1460. The molecule has 10 heteroatoms. The van der Waals surface area contributed by atoms with Gasteiger partial charge in [-0.2, -0.15) is 0 Å². The van der Waals surface area contributed by atoms with Gasteiger partial charge in [0.2, 0.25) is 11.8 Å². The molecule has 2 heterocycles. The van der Waals surface area contributed by atoms with Crippen LogP contribution in [0.2, 0.25) is 0 Å². The van der Waals surface area contributed by atoms with E-state index in [0.29, 0.717) is 30.5 Å². The highest BCUT2D eigenvalue weighted by molar-refractivity contribution is 5.79. The van der Waals surface area contributed by atoms with Crippen molar-refractivity contribution in [2.45, 2.75) is 66.8 Å². The Morgan fingerprint density at radius 2 is 1.72 bits per heavy atom. The lowest BCUT2D eigenvalue weighted by Gasteiger charge is -2.27. The number of esters is 1. The number of nitrogens with one attached hydrogen (secondary N) is 1. The third-order valence-corrected chi connectivity index (χ3v) is 6.18. The van der Waals surface area contributed by atoms with Crippen molar-refractivity contribution in [2.24, 2.45) is 0 Å². The van der Waals surface area contributed by atoms with Crippen LogP contribution >= 0.6 is 0 Å². The van der Waals surface area contributed by atoms with E-state index < -0.39 is 17.3 Å². The number of hydrogen-bond donors (Lipinski definition) is 1. The fraction of sp³-hybridized carbons (Fsp3) is 0.379. The molecule has 39 heavy (non-hydrogen) atoms. The van der Waals surface area contributed by atoms with Gasteiger partial charge in [-0.3, -0.25) is 4.90 Å². The number of aromatic nitrogens is 3. The average molecular weight is 535 g/mol. The quantitative estimate of drug-likeness (QED) is 0.269. The average Bonchev–Trinajstić information content (AvgIpc) is 3.46. The van der Waals surface area contributed by atoms with Gasteiger partial charge < -0.3 is 18.3 Å². The van der Waals surface area contributed by atoms with E-state index in [4.69, 9.17) is 23.3 Å². The molecule has 2 aromatic carbocycles. The lowest BCUT2D eigenvalue weighted by molar-refractivity contribution is -0.158. The minimum Gasteiger partial charge on any atom is -0.476 e. The molecule has 1 N–H and O–H groups in total. The van der Waals surface area contributed by atoms with Gasteiger partial charge in [0.25, 0.3) is 0 Å². The molecule has 2 aromatic heterocycles. The second-order valence-corrected chi connectivity index (χ2v) is 9.93. The van der Waals surface area contributed by atoms with Crippen LogP contribution in [-0.4, -0.2) is 38.3 Å². The van der Waals surface area contributed by atoms with Crippen LogP contribution in [0.25, 0.3) is 11.5 Å². The number of aryl methyl sites for hydroxylation is 3. The van der Waals surface area contributed by atoms with Crippen molar-refractivity contribution in [3.05, 3.63) is 87.1 Å². The fourth-order valence-electron chi connectivity index (χ4n) is 4.33. The molecular formula is C29H34N4O6. The van der Waals surface area contributed by atoms with Crippen LogP contribution in [0.5, 0.6) is 5.75 Å². The van der Waals surface area contributed by atoms with Crippen molar-refractivity contribution in [3.8, 4) is 17.2 Å². The van der Waals surface area contributed by atoms with Crippen molar-refractivity contribution < 1.29 is 23.1 Å². The molecule has 0 saturated heterocycles. The highest BCUT2D eigenvalue weighted by atomic mass is 16.6. The highest BCUT2D eigenvalue weighted by Crippen LogP contribution is 2.30. The van der Waals surface area contributed by atoms with Crippen molar-refractivity contribution in [3.63, 3.8) is 0 Å². The van der Waals surface area contributed by atoms with Gasteiger partial charge in [0.05, 0.1) is 18.8 Å². The third-order valence-electron chi connectivity index (χ3n) is 6.18. The Morgan fingerprint density at radius 3 is 2.33 bits per heavy atom. The molecule has 206 valence electrons. The van der Waals surface area contributed by atoms with Gasteiger partial charge in [-0.25, -0.2) is 19.7 Å². The van der Waals surface area contributed by atoms with Gasteiger partial charge in [0, 0.05) is 18.7 Å². The summed E-state index contributed by atoms with van der Waals surface area (Å²) in [7, 11) is 0. The van der Waals surface area contributed by atoms with E-state index in [-0.39, 0.29) is 19.0 Å². The molecule has 0 aliphatic rings. The summed E-state index contributed by atoms with van der Waals surface area (Å²) in [5.74, 6) is 1.14. The minimum absolute atomic E-state index is 0.272. The number of hydrogen-bond acceptors (Lipinski definition) is 9. The van der Waals surface area contributed by atoms with Crippen LogP contribution in [0.1, 0.15) is 54.8 Å². The molecule has 0 radical (unpaired) electrons. The second-order valence-electron chi connectivity index (χ2n) is 9.93. The Labute approximate surface area is 227 Å². The molecule has 0 aliphatic heterocycles. The first-order chi connectivity index (χ1) is 18.6. The minimum atomic E-state index is -1.13. The summed E-state index contributed by atoms with van der Waals surface area (Å²) < 4.78 is 22.4. The molecule has 0 spiro atoms. The summed E-state index contributed by atoms with van der Waals surface area (Å²) in [6.45, 7) is 12.4. The van der Waals surface area contributed by atoms with Gasteiger partial charge in [0.1, 0.15) is 11.5 Å². The number of carbonyl (C=O) groups excluding carboxylic acids is 1. The second kappa shape index (κ2) is 11.7. The van der Waals surface area contributed by atoms with Gasteiger partial charge in [-0.1, -0.05) is 30.3 Å². The van der Waals surface area contributed by atoms with Gasteiger partial charge in [-0.05, 0) is 70.4 Å². The van der Waals surface area contributed by atoms with Crippen LogP contribution < -0.4 is 10.5 Å². The topological polar surface area (TPSA) is 124 Å². The van der Waals surface area contributed by atoms with Crippen LogP contribution in [0.4, 0.5) is 0 Å². The first kappa shape index (κ1) is 27.8. The van der Waals surface area contributed by atoms with Crippen LogP contribution in [0, 0.1) is 20.8 Å². The summed E-state index contributed by atoms with van der Waals surface area (Å²) >= 11 is 0. The zero-order valence-electron chi connectivity index (χ0n) is 23.2. The number of ether oxygens (including phenoxy) is 2. The van der Waals surface area contributed by atoms with E-state index >= 15 is 0 Å². The number of benzene rings is 2. The number of aromatic amines is 1. The molecular weight excluding hydrogens is 500 g/mol. The van der Waals surface area contributed by atoms with Crippen molar-refractivity contribution >= 4 is 5.97 Å². The molecule has 0 amide bonds. The van der Waals surface area contributed by atoms with Crippen molar-refractivity contribution in [1.82, 2.24) is 20.1 Å². The van der Waals surface area contributed by atoms with E-state index in [9.17, 15) is 9.59 Å². The van der Waals surface area contributed by atoms with Crippen LogP contribution in [-0.2, 0) is 29.2 Å². The van der Waals surface area contributed by atoms with Crippen LogP contribution in [0.15, 0.2) is 56.1 Å². The summed E-state index contributed by atoms with van der Waals surface area (Å²) in [5.41, 5.74) is 3.32. The van der Waals surface area contributed by atoms with Crippen molar-refractivity contribution in [1.29, 1.82) is 0 Å². The summed E-state index contributed by atoms with van der Waals surface area (Å²) in [6, 6.07) is 13.7. The Hall–Kier alpha value is -4.18. The number of H-pyrrole nitrogens is 1. The predicted molar refractivity (Wildman–Crippen MR) is 144 cm³/mol. The molecule has 0 fully saturated rings. The normalized spacial score (nSPS) is 11.7.